The molecule has 1 aromatic rings. The smallest absolute Gasteiger partial charge is 0.416 e. The molecule has 0 radical (unpaired) electrons. The highest BCUT2D eigenvalue weighted by molar-refractivity contribution is 5.86. The van der Waals surface area contributed by atoms with Crippen LogP contribution < -0.4 is 5.76 Å². The zero-order valence-electron chi connectivity index (χ0n) is 5.92. The van der Waals surface area contributed by atoms with E-state index in [4.69, 9.17) is 0 Å². The SMILES string of the molecule is CCOC(=O)c1coc(=O)[nH]1.[HH]. The van der Waals surface area contributed by atoms with Crippen molar-refractivity contribution in [2.45, 2.75) is 6.92 Å². The summed E-state index contributed by atoms with van der Waals surface area (Å²) in [7, 11) is 0. The Bertz CT molecular complexity index is 302. The molecular formula is C6H9NO4. The van der Waals surface area contributed by atoms with E-state index in [0.29, 0.717) is 0 Å². The minimum Gasteiger partial charge on any atom is -0.461 e. The number of rotatable bonds is 2. The molecule has 0 aliphatic rings. The van der Waals surface area contributed by atoms with Crippen molar-refractivity contribution in [1.82, 2.24) is 4.98 Å². The molecule has 0 aliphatic carbocycles. The maximum absolute atomic E-state index is 10.8. The zero-order valence-corrected chi connectivity index (χ0v) is 5.92. The topological polar surface area (TPSA) is 72.3 Å². The molecule has 5 nitrogen and oxygen atoms in total. The number of esters is 1. The molecule has 5 heteroatoms. The molecule has 1 N–H and O–H groups in total. The van der Waals surface area contributed by atoms with Gasteiger partial charge in [-0.25, -0.2) is 9.59 Å². The highest BCUT2D eigenvalue weighted by Crippen LogP contribution is 1.93. The molecule has 0 unspecified atom stereocenters. The summed E-state index contributed by atoms with van der Waals surface area (Å²) in [6, 6.07) is 0. The number of carbonyl (C=O) groups excluding carboxylic acids is 1. The van der Waals surface area contributed by atoms with E-state index in [2.05, 4.69) is 14.1 Å². The van der Waals surface area contributed by atoms with Crippen molar-refractivity contribution < 1.29 is 15.4 Å². The Hall–Kier alpha value is -1.52. The molecule has 1 heterocycles. The van der Waals surface area contributed by atoms with Crippen molar-refractivity contribution in [2.24, 2.45) is 0 Å². The summed E-state index contributed by atoms with van der Waals surface area (Å²) in [5.74, 6) is -1.24. The van der Waals surface area contributed by atoms with Crippen LogP contribution in [0.15, 0.2) is 15.5 Å². The summed E-state index contributed by atoms with van der Waals surface area (Å²) in [6.07, 6.45) is 1.03. The third-order valence-corrected chi connectivity index (χ3v) is 1.02. The third-order valence-electron chi connectivity index (χ3n) is 1.02. The predicted molar refractivity (Wildman–Crippen MR) is 37.4 cm³/mol. The molecule has 0 aromatic carbocycles. The molecule has 0 saturated carbocycles. The molecule has 0 fully saturated rings. The summed E-state index contributed by atoms with van der Waals surface area (Å²) in [6.45, 7) is 1.95. The fourth-order valence-corrected chi connectivity index (χ4v) is 0.589. The summed E-state index contributed by atoms with van der Waals surface area (Å²) in [5, 5.41) is 0. The second-order valence-corrected chi connectivity index (χ2v) is 1.78. The first-order valence-electron chi connectivity index (χ1n) is 3.09. The lowest BCUT2D eigenvalue weighted by atomic mass is 10.5. The summed E-state index contributed by atoms with van der Waals surface area (Å²) in [4.78, 5) is 23.3. The van der Waals surface area contributed by atoms with Crippen molar-refractivity contribution in [2.75, 3.05) is 6.61 Å². The number of ether oxygens (including phenoxy) is 1. The lowest BCUT2D eigenvalue weighted by molar-refractivity contribution is 0.0519. The third kappa shape index (κ3) is 1.70. The van der Waals surface area contributed by atoms with E-state index in [-0.39, 0.29) is 13.7 Å². The number of carbonyl (C=O) groups is 1. The number of aromatic nitrogens is 1. The molecule has 0 amide bonds. The Morgan fingerprint density at radius 2 is 2.64 bits per heavy atom. The van der Waals surface area contributed by atoms with Gasteiger partial charge in [0.05, 0.1) is 6.61 Å². The van der Waals surface area contributed by atoms with Gasteiger partial charge in [0.25, 0.3) is 0 Å². The van der Waals surface area contributed by atoms with Crippen LogP contribution in [0.1, 0.15) is 18.8 Å². The van der Waals surface area contributed by atoms with Crippen LogP contribution in [0.25, 0.3) is 0 Å². The minimum absolute atomic E-state index is 0. The average Bonchev–Trinajstić information content (AvgIpc) is 2.36. The van der Waals surface area contributed by atoms with Gasteiger partial charge >= 0.3 is 11.7 Å². The van der Waals surface area contributed by atoms with Crippen LogP contribution in [0.2, 0.25) is 0 Å². The van der Waals surface area contributed by atoms with E-state index in [1.54, 1.807) is 6.92 Å². The van der Waals surface area contributed by atoms with E-state index in [1.165, 1.54) is 0 Å². The van der Waals surface area contributed by atoms with Gasteiger partial charge in [0.2, 0.25) is 0 Å². The van der Waals surface area contributed by atoms with E-state index in [1.807, 2.05) is 0 Å². The molecule has 0 spiro atoms. The van der Waals surface area contributed by atoms with E-state index in [0.717, 1.165) is 6.26 Å². The second-order valence-electron chi connectivity index (χ2n) is 1.78. The Labute approximate surface area is 63.5 Å². The van der Waals surface area contributed by atoms with E-state index in [9.17, 15) is 9.59 Å². The number of hydrogen-bond donors (Lipinski definition) is 1. The first-order valence-corrected chi connectivity index (χ1v) is 3.09. The number of H-pyrrole nitrogens is 1. The maximum atomic E-state index is 10.8. The van der Waals surface area contributed by atoms with Crippen LogP contribution in [0, 0.1) is 0 Å². The van der Waals surface area contributed by atoms with Crippen molar-refractivity contribution in [3.05, 3.63) is 22.5 Å². The summed E-state index contributed by atoms with van der Waals surface area (Å²) >= 11 is 0. The van der Waals surface area contributed by atoms with Crippen LogP contribution in [0.4, 0.5) is 0 Å². The quantitative estimate of drug-likeness (QED) is 0.633. The van der Waals surface area contributed by atoms with Gasteiger partial charge in [0, 0.05) is 1.43 Å². The molecule has 0 saturated heterocycles. The van der Waals surface area contributed by atoms with Crippen molar-refractivity contribution in [3.63, 3.8) is 0 Å². The Kier molecular flexibility index (Phi) is 2.10. The number of hydrogen-bond acceptors (Lipinski definition) is 4. The predicted octanol–water partition coefficient (Wildman–Crippen LogP) is 0.391. The van der Waals surface area contributed by atoms with Gasteiger partial charge in [0.1, 0.15) is 6.26 Å². The summed E-state index contributed by atoms with van der Waals surface area (Å²) < 4.78 is 8.89. The minimum atomic E-state index is -0.659. The van der Waals surface area contributed by atoms with Gasteiger partial charge in [-0.05, 0) is 6.92 Å². The summed E-state index contributed by atoms with van der Waals surface area (Å²) in [5.41, 5.74) is 0.0388. The Morgan fingerprint density at radius 3 is 3.09 bits per heavy atom. The van der Waals surface area contributed by atoms with Crippen LogP contribution >= 0.6 is 0 Å². The normalized spacial score (nSPS) is 9.55. The van der Waals surface area contributed by atoms with Gasteiger partial charge in [0.15, 0.2) is 5.69 Å². The van der Waals surface area contributed by atoms with Crippen LogP contribution in [0.5, 0.6) is 0 Å². The van der Waals surface area contributed by atoms with E-state index >= 15 is 0 Å². The molecule has 1 aromatic heterocycles. The van der Waals surface area contributed by atoms with Crippen molar-refractivity contribution >= 4 is 5.97 Å². The standard InChI is InChI=1S/C6H7NO4.H2/c1-2-10-5(8)4-3-11-6(9)7-4;/h3H,2H2,1H3,(H,7,9);1H. The molecule has 0 atom stereocenters. The fraction of sp³-hybridized carbons (Fsp3) is 0.333. The fourth-order valence-electron chi connectivity index (χ4n) is 0.589. The van der Waals surface area contributed by atoms with Gasteiger partial charge < -0.3 is 9.15 Å². The van der Waals surface area contributed by atoms with Crippen molar-refractivity contribution in [3.8, 4) is 0 Å². The first kappa shape index (κ1) is 7.59. The molecular weight excluding hydrogens is 150 g/mol. The maximum Gasteiger partial charge on any atom is 0.416 e. The molecule has 1 rings (SSSR count). The largest absolute Gasteiger partial charge is 0.461 e. The van der Waals surface area contributed by atoms with Gasteiger partial charge in [-0.3, -0.25) is 4.98 Å². The molecule has 62 valence electrons. The highest BCUT2D eigenvalue weighted by atomic mass is 16.5. The van der Waals surface area contributed by atoms with Crippen molar-refractivity contribution in [1.29, 1.82) is 0 Å². The highest BCUT2D eigenvalue weighted by Gasteiger charge is 2.08. The average molecular weight is 159 g/mol. The number of oxazole rings is 1. The van der Waals surface area contributed by atoms with Gasteiger partial charge in [-0.15, -0.1) is 0 Å². The Balaban J connectivity index is 0.00000121. The first-order chi connectivity index (χ1) is 5.24. The van der Waals surface area contributed by atoms with Crippen LogP contribution in [0.3, 0.4) is 0 Å². The molecule has 11 heavy (non-hydrogen) atoms. The lowest BCUT2D eigenvalue weighted by Crippen LogP contribution is -2.07. The monoisotopic (exact) mass is 159 g/mol. The number of nitrogens with one attached hydrogen (secondary N) is 1. The Morgan fingerprint density at radius 1 is 1.91 bits per heavy atom. The van der Waals surface area contributed by atoms with Crippen LogP contribution in [-0.2, 0) is 4.74 Å². The number of aromatic amines is 1. The van der Waals surface area contributed by atoms with Gasteiger partial charge in [-0.2, -0.15) is 0 Å². The van der Waals surface area contributed by atoms with E-state index < -0.39 is 11.7 Å². The molecule has 0 aliphatic heterocycles. The second kappa shape index (κ2) is 3.05. The van der Waals surface area contributed by atoms with Crippen LogP contribution in [-0.4, -0.2) is 17.6 Å². The lowest BCUT2D eigenvalue weighted by Gasteiger charge is -1.94. The zero-order chi connectivity index (χ0) is 8.27. The van der Waals surface area contributed by atoms with Gasteiger partial charge in [-0.1, -0.05) is 0 Å². The molecule has 0 bridgehead atoms.